The smallest absolute Gasteiger partial charge is 0.213 e. The van der Waals surface area contributed by atoms with Crippen LogP contribution in [0.3, 0.4) is 0 Å². The first-order valence-electron chi connectivity index (χ1n) is 9.90. The molecule has 27 heavy (non-hydrogen) atoms. The summed E-state index contributed by atoms with van der Waals surface area (Å²) in [6.07, 6.45) is 8.40. The molecule has 0 saturated heterocycles. The van der Waals surface area contributed by atoms with E-state index in [0.717, 1.165) is 50.6 Å². The minimum absolute atomic E-state index is 0.145. The lowest BCUT2D eigenvalue weighted by Crippen LogP contribution is -2.31. The van der Waals surface area contributed by atoms with Crippen LogP contribution in [-0.4, -0.2) is 44.8 Å². The summed E-state index contributed by atoms with van der Waals surface area (Å²) in [5.41, 5.74) is 4.70. The van der Waals surface area contributed by atoms with Crippen LogP contribution in [0.25, 0.3) is 0 Å². The highest BCUT2D eigenvalue weighted by atomic mass is 16.5. The second-order valence-electron chi connectivity index (χ2n) is 7.58. The maximum atomic E-state index is 5.62. The predicted octanol–water partition coefficient (Wildman–Crippen LogP) is 3.19. The number of rotatable bonds is 5. The standard InChI is InChI=1S/C21H27N5O/c1-15(2)27-20-7-6-16(11-23-20)13-26-10-8-18-17(14-26)12-24-21(25-18)19-5-3-4-9-22-19/h6-7,11-12,15H,3-5,8-10,13-14H2,1-2H3. The van der Waals surface area contributed by atoms with Crippen LogP contribution in [-0.2, 0) is 19.5 Å². The molecular formula is C21H27N5O. The quantitative estimate of drug-likeness (QED) is 0.814. The fraction of sp³-hybridized carbons (Fsp3) is 0.524. The van der Waals surface area contributed by atoms with E-state index in [1.807, 2.05) is 32.3 Å². The van der Waals surface area contributed by atoms with Gasteiger partial charge in [0.05, 0.1) is 17.5 Å². The summed E-state index contributed by atoms with van der Waals surface area (Å²) in [6, 6.07) is 4.05. The van der Waals surface area contributed by atoms with Crippen molar-refractivity contribution in [3.63, 3.8) is 0 Å². The van der Waals surface area contributed by atoms with Gasteiger partial charge in [-0.05, 0) is 38.7 Å². The Kier molecular flexibility index (Phi) is 5.43. The molecule has 142 valence electrons. The summed E-state index contributed by atoms with van der Waals surface area (Å²) < 4.78 is 5.62. The first kappa shape index (κ1) is 18.0. The Morgan fingerprint density at radius 2 is 2.04 bits per heavy atom. The molecule has 2 aromatic rings. The van der Waals surface area contributed by atoms with E-state index in [2.05, 4.69) is 25.9 Å². The van der Waals surface area contributed by atoms with E-state index in [9.17, 15) is 0 Å². The van der Waals surface area contributed by atoms with Gasteiger partial charge in [-0.3, -0.25) is 9.89 Å². The molecule has 0 atom stereocenters. The van der Waals surface area contributed by atoms with Crippen LogP contribution in [0.4, 0.5) is 0 Å². The Bertz CT molecular complexity index is 816. The molecule has 0 aliphatic carbocycles. The van der Waals surface area contributed by atoms with Gasteiger partial charge in [0.1, 0.15) is 0 Å². The summed E-state index contributed by atoms with van der Waals surface area (Å²) in [6.45, 7) is 7.69. The van der Waals surface area contributed by atoms with Crippen molar-refractivity contribution in [2.75, 3.05) is 13.1 Å². The minimum Gasteiger partial charge on any atom is -0.475 e. The Morgan fingerprint density at radius 3 is 2.78 bits per heavy atom. The Hall–Kier alpha value is -2.34. The van der Waals surface area contributed by atoms with Crippen LogP contribution in [0, 0.1) is 0 Å². The molecule has 0 N–H and O–H groups in total. The monoisotopic (exact) mass is 365 g/mol. The van der Waals surface area contributed by atoms with Gasteiger partial charge >= 0.3 is 0 Å². The highest BCUT2D eigenvalue weighted by Gasteiger charge is 2.20. The summed E-state index contributed by atoms with van der Waals surface area (Å²) in [5, 5.41) is 0. The molecule has 0 radical (unpaired) electrons. The Labute approximate surface area is 160 Å². The van der Waals surface area contributed by atoms with Gasteiger partial charge in [-0.25, -0.2) is 15.0 Å². The fourth-order valence-corrected chi connectivity index (χ4v) is 3.60. The van der Waals surface area contributed by atoms with Crippen molar-refractivity contribution in [3.8, 4) is 5.88 Å². The summed E-state index contributed by atoms with van der Waals surface area (Å²) in [4.78, 5) is 20.9. The zero-order chi connectivity index (χ0) is 18.6. The SMILES string of the molecule is CC(C)Oc1ccc(CN2CCc3nc(C4=NCCCC4)ncc3C2)cn1. The van der Waals surface area contributed by atoms with Crippen LogP contribution < -0.4 is 4.74 Å². The molecule has 4 rings (SSSR count). The normalized spacial score (nSPS) is 17.5. The van der Waals surface area contributed by atoms with Gasteiger partial charge in [-0.2, -0.15) is 0 Å². The lowest BCUT2D eigenvalue weighted by molar-refractivity contribution is 0.230. The number of aromatic nitrogens is 3. The molecule has 4 heterocycles. The number of hydrogen-bond donors (Lipinski definition) is 0. The van der Waals surface area contributed by atoms with Gasteiger partial charge in [0.2, 0.25) is 5.88 Å². The van der Waals surface area contributed by atoms with Gasteiger partial charge in [0.15, 0.2) is 5.82 Å². The molecule has 2 aromatic heterocycles. The summed E-state index contributed by atoms with van der Waals surface area (Å²) in [7, 11) is 0. The van der Waals surface area contributed by atoms with E-state index in [0.29, 0.717) is 5.88 Å². The molecule has 0 spiro atoms. The molecular weight excluding hydrogens is 338 g/mol. The van der Waals surface area contributed by atoms with Gasteiger partial charge < -0.3 is 4.74 Å². The summed E-state index contributed by atoms with van der Waals surface area (Å²) in [5.74, 6) is 1.52. The van der Waals surface area contributed by atoms with Crippen molar-refractivity contribution < 1.29 is 4.74 Å². The molecule has 0 bridgehead atoms. The third-order valence-corrected chi connectivity index (χ3v) is 4.96. The molecule has 0 fully saturated rings. The fourth-order valence-electron chi connectivity index (χ4n) is 3.60. The highest BCUT2D eigenvalue weighted by Crippen LogP contribution is 2.20. The van der Waals surface area contributed by atoms with Crippen LogP contribution in [0.2, 0.25) is 0 Å². The lowest BCUT2D eigenvalue weighted by Gasteiger charge is -2.28. The van der Waals surface area contributed by atoms with E-state index in [-0.39, 0.29) is 6.10 Å². The van der Waals surface area contributed by atoms with Gasteiger partial charge in [0, 0.05) is 56.6 Å². The van der Waals surface area contributed by atoms with Gasteiger partial charge in [-0.1, -0.05) is 6.07 Å². The summed E-state index contributed by atoms with van der Waals surface area (Å²) >= 11 is 0. The second-order valence-corrected chi connectivity index (χ2v) is 7.58. The second kappa shape index (κ2) is 8.13. The molecule has 2 aliphatic rings. The first-order valence-corrected chi connectivity index (χ1v) is 9.90. The number of aliphatic imine (C=N–C) groups is 1. The van der Waals surface area contributed by atoms with Crippen molar-refractivity contribution >= 4 is 5.71 Å². The van der Waals surface area contributed by atoms with Crippen molar-refractivity contribution in [2.24, 2.45) is 4.99 Å². The average Bonchev–Trinajstić information content (AvgIpc) is 2.69. The predicted molar refractivity (Wildman–Crippen MR) is 105 cm³/mol. The average molecular weight is 365 g/mol. The molecule has 0 unspecified atom stereocenters. The maximum absolute atomic E-state index is 5.62. The zero-order valence-electron chi connectivity index (χ0n) is 16.2. The van der Waals surface area contributed by atoms with Crippen molar-refractivity contribution in [1.82, 2.24) is 19.9 Å². The minimum atomic E-state index is 0.145. The van der Waals surface area contributed by atoms with Gasteiger partial charge in [0.25, 0.3) is 0 Å². The number of nitrogens with zero attached hydrogens (tertiary/aromatic N) is 5. The molecule has 0 saturated carbocycles. The van der Waals surface area contributed by atoms with Crippen LogP contribution >= 0.6 is 0 Å². The third kappa shape index (κ3) is 4.50. The molecule has 0 aromatic carbocycles. The lowest BCUT2D eigenvalue weighted by atomic mass is 10.0. The number of ether oxygens (including phenoxy) is 1. The van der Waals surface area contributed by atoms with Crippen LogP contribution in [0.5, 0.6) is 5.88 Å². The van der Waals surface area contributed by atoms with E-state index in [4.69, 9.17) is 9.72 Å². The Morgan fingerprint density at radius 1 is 1.11 bits per heavy atom. The maximum Gasteiger partial charge on any atom is 0.213 e. The molecule has 2 aliphatic heterocycles. The number of pyridine rings is 1. The molecule has 6 heteroatoms. The Balaban J connectivity index is 1.40. The van der Waals surface area contributed by atoms with Crippen molar-refractivity contribution in [2.45, 2.75) is 58.7 Å². The zero-order valence-corrected chi connectivity index (χ0v) is 16.2. The van der Waals surface area contributed by atoms with Crippen molar-refractivity contribution in [3.05, 3.63) is 47.2 Å². The first-order chi connectivity index (χ1) is 13.2. The van der Waals surface area contributed by atoms with E-state index in [1.54, 1.807) is 0 Å². The van der Waals surface area contributed by atoms with Crippen LogP contribution in [0.1, 0.15) is 55.8 Å². The topological polar surface area (TPSA) is 63.5 Å². The van der Waals surface area contributed by atoms with E-state index >= 15 is 0 Å². The van der Waals surface area contributed by atoms with E-state index in [1.165, 1.54) is 29.7 Å². The van der Waals surface area contributed by atoms with Crippen molar-refractivity contribution in [1.29, 1.82) is 0 Å². The number of hydrogen-bond acceptors (Lipinski definition) is 6. The van der Waals surface area contributed by atoms with E-state index < -0.39 is 0 Å². The van der Waals surface area contributed by atoms with Gasteiger partial charge in [-0.15, -0.1) is 0 Å². The molecule has 0 amide bonds. The third-order valence-electron chi connectivity index (χ3n) is 4.96. The number of fused-ring (bicyclic) bond motifs is 1. The largest absolute Gasteiger partial charge is 0.475 e. The van der Waals surface area contributed by atoms with Crippen LogP contribution in [0.15, 0.2) is 29.5 Å². The molecule has 6 nitrogen and oxygen atoms in total. The highest BCUT2D eigenvalue weighted by molar-refractivity contribution is 5.97.